The number of nitrogens with zero attached hydrogens (tertiary/aromatic N) is 1. The van der Waals surface area contributed by atoms with Crippen LogP contribution in [0.1, 0.15) is 0 Å². The second-order valence-corrected chi connectivity index (χ2v) is 0.482. The maximum atomic E-state index is 7.43. The highest BCUT2D eigenvalue weighted by molar-refractivity contribution is 5.22. The van der Waals surface area contributed by atoms with Crippen molar-refractivity contribution in [3.8, 4) is 0 Å². The van der Waals surface area contributed by atoms with E-state index in [1.807, 2.05) is 0 Å². The van der Waals surface area contributed by atoms with Gasteiger partial charge in [0.05, 0.1) is 0 Å². The minimum Gasteiger partial charge on any atom is -0.270 e. The van der Waals surface area contributed by atoms with Crippen LogP contribution < -0.4 is 0 Å². The third-order valence-electron chi connectivity index (χ3n) is 0.149. The van der Waals surface area contributed by atoms with Crippen molar-refractivity contribution < 1.29 is 10.1 Å². The first kappa shape index (κ1) is 4.59. The maximum Gasteiger partial charge on any atom is 0.171 e. The van der Waals surface area contributed by atoms with Crippen LogP contribution in [0.2, 0.25) is 0 Å². The fourth-order valence-corrected chi connectivity index (χ4v) is 0.0408. The van der Waals surface area contributed by atoms with Gasteiger partial charge in [0.15, 0.2) is 6.73 Å². The van der Waals surface area contributed by atoms with Crippen molar-refractivity contribution in [3.05, 3.63) is 0 Å². The van der Waals surface area contributed by atoms with Crippen molar-refractivity contribution in [2.75, 3.05) is 6.73 Å². The summed E-state index contributed by atoms with van der Waals surface area (Å²) in [4.78, 5) is 6.59. The van der Waals surface area contributed by atoms with Gasteiger partial charge in [0.2, 0.25) is 0 Å². The summed E-state index contributed by atoms with van der Waals surface area (Å²) in [6.07, 6.45) is 0. The third-order valence-corrected chi connectivity index (χ3v) is 0.149. The van der Waals surface area contributed by atoms with E-state index in [1.54, 1.807) is 0 Å². The molecule has 3 nitrogen and oxygen atoms in total. The molecule has 0 heterocycles. The Balaban J connectivity index is 2.40. The Morgan fingerprint density at radius 2 is 2.60 bits per heavy atom. The average molecular weight is 75.1 g/mol. The normalized spacial score (nSPS) is 7.40. The van der Waals surface area contributed by atoms with E-state index in [0.29, 0.717) is 0 Å². The quantitative estimate of drug-likeness (QED) is 0.288. The molecule has 0 aliphatic carbocycles. The van der Waals surface area contributed by atoms with Crippen LogP contribution in [0.4, 0.5) is 0 Å². The Kier molecular flexibility index (Phi) is 3.30. The second kappa shape index (κ2) is 3.59. The van der Waals surface area contributed by atoms with Gasteiger partial charge in [-0.3, -0.25) is 4.99 Å². The van der Waals surface area contributed by atoms with Gasteiger partial charge in [-0.15, -0.1) is 0 Å². The van der Waals surface area contributed by atoms with E-state index in [9.17, 15) is 0 Å². The average Bonchev–Trinajstić information content (AvgIpc) is 1.41. The summed E-state index contributed by atoms with van der Waals surface area (Å²) < 4.78 is 0. The lowest BCUT2D eigenvalue weighted by molar-refractivity contribution is -0.239. The molecule has 0 aromatic carbocycles. The van der Waals surface area contributed by atoms with Gasteiger partial charge >= 0.3 is 0 Å². The molecule has 0 unspecified atom stereocenters. The van der Waals surface area contributed by atoms with E-state index < -0.39 is 0 Å². The van der Waals surface area contributed by atoms with E-state index in [1.165, 1.54) is 0 Å². The fraction of sp³-hybridized carbons (Fsp3) is 0.500. The molecule has 0 aromatic heterocycles. The second-order valence-electron chi connectivity index (χ2n) is 0.482. The van der Waals surface area contributed by atoms with Crippen molar-refractivity contribution in [1.29, 1.82) is 0 Å². The van der Waals surface area contributed by atoms with Crippen molar-refractivity contribution in [1.82, 2.24) is 0 Å². The predicted octanol–water partition coefficient (Wildman–Crippen LogP) is 0.134. The van der Waals surface area contributed by atoms with Gasteiger partial charge in [0.25, 0.3) is 0 Å². The van der Waals surface area contributed by atoms with E-state index in [-0.39, 0.29) is 6.73 Å². The molecule has 30 valence electrons. The molecule has 0 amide bonds. The van der Waals surface area contributed by atoms with Crippen LogP contribution in [-0.2, 0) is 4.89 Å². The summed E-state index contributed by atoms with van der Waals surface area (Å²) in [6.45, 7) is 2.97. The van der Waals surface area contributed by atoms with Crippen LogP contribution in [0, 0.1) is 0 Å². The number of hydrogen-bond acceptors (Lipinski definition) is 3. The molecule has 0 atom stereocenters. The van der Waals surface area contributed by atoms with Crippen LogP contribution in [0.5, 0.6) is 0 Å². The monoisotopic (exact) mass is 75.0 g/mol. The molecule has 0 aromatic rings. The Morgan fingerprint density at radius 3 is 2.60 bits per heavy atom. The molecule has 1 N–H and O–H groups in total. The van der Waals surface area contributed by atoms with E-state index in [2.05, 4.69) is 16.6 Å². The van der Waals surface area contributed by atoms with E-state index >= 15 is 0 Å². The molecule has 3 heteroatoms. The highest BCUT2D eigenvalue weighted by Crippen LogP contribution is 1.58. The van der Waals surface area contributed by atoms with Gasteiger partial charge < -0.3 is 0 Å². The summed E-state index contributed by atoms with van der Waals surface area (Å²) in [6, 6.07) is 0. The van der Waals surface area contributed by atoms with Gasteiger partial charge in [-0.2, -0.15) is 0 Å². The molecular formula is C2H5NO2. The van der Waals surface area contributed by atoms with Crippen LogP contribution >= 0.6 is 0 Å². The molecule has 0 radical (unpaired) electrons. The van der Waals surface area contributed by atoms with Gasteiger partial charge in [-0.1, -0.05) is 0 Å². The van der Waals surface area contributed by atoms with Crippen LogP contribution in [0.3, 0.4) is 0 Å². The van der Waals surface area contributed by atoms with Crippen LogP contribution in [-0.4, -0.2) is 18.7 Å². The lowest BCUT2D eigenvalue weighted by atomic mass is 11.3. The number of aliphatic imine (C=N–C) groups is 1. The zero-order chi connectivity index (χ0) is 4.12. The van der Waals surface area contributed by atoms with Gasteiger partial charge in [0, 0.05) is 0 Å². The Morgan fingerprint density at radius 1 is 2.00 bits per heavy atom. The maximum absolute atomic E-state index is 7.43. The van der Waals surface area contributed by atoms with E-state index in [4.69, 9.17) is 5.26 Å². The molecule has 0 saturated heterocycles. The van der Waals surface area contributed by atoms with Crippen molar-refractivity contribution in [2.45, 2.75) is 0 Å². The van der Waals surface area contributed by atoms with Gasteiger partial charge in [-0.05, 0) is 6.72 Å². The topological polar surface area (TPSA) is 41.8 Å². The third kappa shape index (κ3) is 3.59. The minimum absolute atomic E-state index is 0.0417. The van der Waals surface area contributed by atoms with Crippen molar-refractivity contribution >= 4 is 6.72 Å². The summed E-state index contributed by atoms with van der Waals surface area (Å²) >= 11 is 0. The fourth-order valence-electron chi connectivity index (χ4n) is 0.0408. The molecular weight excluding hydrogens is 70.0 g/mol. The zero-order valence-electron chi connectivity index (χ0n) is 2.72. The molecule has 5 heavy (non-hydrogen) atoms. The Hall–Kier alpha value is -0.410. The molecule has 0 spiro atoms. The largest absolute Gasteiger partial charge is 0.270 e. The first-order chi connectivity index (χ1) is 2.41. The van der Waals surface area contributed by atoms with Crippen LogP contribution in [0.25, 0.3) is 0 Å². The summed E-state index contributed by atoms with van der Waals surface area (Å²) in [7, 11) is 0. The predicted molar refractivity (Wildman–Crippen MR) is 18.1 cm³/mol. The van der Waals surface area contributed by atoms with Crippen LogP contribution in [0.15, 0.2) is 4.99 Å². The minimum atomic E-state index is -0.0417. The molecule has 0 bridgehead atoms. The first-order valence-corrected chi connectivity index (χ1v) is 1.10. The number of hydrogen-bond donors (Lipinski definition) is 1. The molecule has 0 fully saturated rings. The lowest BCUT2D eigenvalue weighted by Gasteiger charge is -1.77. The van der Waals surface area contributed by atoms with Crippen molar-refractivity contribution in [3.63, 3.8) is 0 Å². The summed E-state index contributed by atoms with van der Waals surface area (Å²) in [5.41, 5.74) is 0. The first-order valence-electron chi connectivity index (χ1n) is 1.10. The van der Waals surface area contributed by atoms with Gasteiger partial charge in [0.1, 0.15) is 0 Å². The number of rotatable bonds is 2. The highest BCUT2D eigenvalue weighted by Gasteiger charge is 1.60. The molecule has 0 saturated carbocycles. The lowest BCUT2D eigenvalue weighted by Crippen LogP contribution is -1.78. The van der Waals surface area contributed by atoms with Crippen molar-refractivity contribution in [2.24, 2.45) is 4.99 Å². The Labute approximate surface area is 29.8 Å². The standard InChI is InChI=1S/C2H5NO2/c1-3-2-5-4/h4H,1-2H2. The Bertz CT molecular complexity index is 28.8. The molecule has 0 aliphatic rings. The van der Waals surface area contributed by atoms with E-state index in [0.717, 1.165) is 0 Å². The zero-order valence-corrected chi connectivity index (χ0v) is 2.72. The summed E-state index contributed by atoms with van der Waals surface area (Å²) in [5.74, 6) is 0. The summed E-state index contributed by atoms with van der Waals surface area (Å²) in [5, 5.41) is 7.43. The smallest absolute Gasteiger partial charge is 0.171 e. The SMILES string of the molecule is C=NCOO. The highest BCUT2D eigenvalue weighted by atomic mass is 17.1. The molecule has 0 aliphatic heterocycles. The van der Waals surface area contributed by atoms with Gasteiger partial charge in [-0.25, -0.2) is 10.1 Å². The molecule has 0 rings (SSSR count).